The molecule has 0 atom stereocenters. The molecule has 0 radical (unpaired) electrons. The van der Waals surface area contributed by atoms with Crippen molar-refractivity contribution in [2.24, 2.45) is 5.10 Å². The maximum Gasteiger partial charge on any atom is 0.159 e. The Morgan fingerprint density at radius 3 is 2.54 bits per heavy atom. The quantitative estimate of drug-likeness (QED) is 0.388. The van der Waals surface area contributed by atoms with Gasteiger partial charge in [0.15, 0.2) is 11.6 Å². The van der Waals surface area contributed by atoms with Gasteiger partial charge in [0, 0.05) is 15.3 Å². The predicted molar refractivity (Wildman–Crippen MR) is 104 cm³/mol. The molecule has 0 bridgehead atoms. The first-order chi connectivity index (χ1) is 11.5. The third kappa shape index (κ3) is 3.78. The average molecular weight is 432 g/mol. The minimum absolute atomic E-state index is 0.623. The molecule has 0 saturated carbocycles. The Morgan fingerprint density at radius 1 is 1.12 bits per heavy atom. The number of hydrogen-bond acceptors (Lipinski definition) is 5. The van der Waals surface area contributed by atoms with Gasteiger partial charge in [0.2, 0.25) is 0 Å². The Bertz CT molecular complexity index is 882. The standard InChI is InChI=1S/C17H17IN6/c1-11-8-12(2)24(23-11)17-9-16(19-10-20-17)22-21-13(3)14-4-6-15(18)7-5-14/h4-10H,1-3H3,(H,19,20,22)/b21-13-. The molecule has 0 aliphatic heterocycles. The molecular formula is C17H17IN6. The van der Waals surface area contributed by atoms with Gasteiger partial charge < -0.3 is 0 Å². The summed E-state index contributed by atoms with van der Waals surface area (Å²) in [6, 6.07) is 12.0. The number of hydrogen-bond donors (Lipinski definition) is 1. The smallest absolute Gasteiger partial charge is 0.159 e. The molecule has 0 unspecified atom stereocenters. The van der Waals surface area contributed by atoms with Crippen molar-refractivity contribution in [3.05, 3.63) is 63.2 Å². The number of hydrazone groups is 1. The van der Waals surface area contributed by atoms with Crippen molar-refractivity contribution in [3.8, 4) is 5.82 Å². The Labute approximate surface area is 154 Å². The number of nitrogens with zero attached hydrogens (tertiary/aromatic N) is 5. The molecule has 1 aromatic carbocycles. The first kappa shape index (κ1) is 16.6. The summed E-state index contributed by atoms with van der Waals surface area (Å²) in [5.74, 6) is 1.33. The number of rotatable bonds is 4. The SMILES string of the molecule is C/C(=N/Nc1cc(-n2nc(C)cc2C)ncn1)c1ccc(I)cc1. The molecule has 1 N–H and O–H groups in total. The molecule has 6 nitrogen and oxygen atoms in total. The fourth-order valence-electron chi connectivity index (χ4n) is 2.28. The van der Waals surface area contributed by atoms with Gasteiger partial charge in [-0.1, -0.05) is 12.1 Å². The molecule has 2 aromatic heterocycles. The third-order valence-electron chi connectivity index (χ3n) is 3.48. The minimum atomic E-state index is 0.623. The number of nitrogens with one attached hydrogen (secondary N) is 1. The first-order valence-corrected chi connectivity index (χ1v) is 8.53. The van der Waals surface area contributed by atoms with E-state index in [0.717, 1.165) is 22.7 Å². The van der Waals surface area contributed by atoms with E-state index < -0.39 is 0 Å². The van der Waals surface area contributed by atoms with Gasteiger partial charge >= 0.3 is 0 Å². The molecule has 7 heteroatoms. The van der Waals surface area contributed by atoms with Crippen LogP contribution in [0.4, 0.5) is 5.82 Å². The van der Waals surface area contributed by atoms with Crippen molar-refractivity contribution in [3.63, 3.8) is 0 Å². The highest BCUT2D eigenvalue weighted by Gasteiger charge is 2.06. The molecule has 0 fully saturated rings. The van der Waals surface area contributed by atoms with Gasteiger partial charge in [-0.25, -0.2) is 14.6 Å². The third-order valence-corrected chi connectivity index (χ3v) is 4.20. The molecule has 3 rings (SSSR count). The molecule has 0 spiro atoms. The van der Waals surface area contributed by atoms with Crippen LogP contribution in [0.25, 0.3) is 5.82 Å². The molecule has 0 saturated heterocycles. The van der Waals surface area contributed by atoms with Crippen molar-refractivity contribution in [1.82, 2.24) is 19.7 Å². The van der Waals surface area contributed by atoms with E-state index in [4.69, 9.17) is 0 Å². The van der Waals surface area contributed by atoms with E-state index in [2.05, 4.69) is 60.3 Å². The Kier molecular flexibility index (Phi) is 4.89. The largest absolute Gasteiger partial charge is 0.261 e. The summed E-state index contributed by atoms with van der Waals surface area (Å²) in [7, 11) is 0. The molecule has 122 valence electrons. The van der Waals surface area contributed by atoms with Gasteiger partial charge in [0.1, 0.15) is 6.33 Å². The average Bonchev–Trinajstić information content (AvgIpc) is 2.92. The van der Waals surface area contributed by atoms with Crippen molar-refractivity contribution < 1.29 is 0 Å². The summed E-state index contributed by atoms with van der Waals surface area (Å²) in [6.45, 7) is 5.91. The molecule has 3 aromatic rings. The lowest BCUT2D eigenvalue weighted by molar-refractivity contribution is 0.801. The summed E-state index contributed by atoms with van der Waals surface area (Å²) in [4.78, 5) is 8.49. The van der Waals surface area contributed by atoms with E-state index in [0.29, 0.717) is 11.6 Å². The van der Waals surface area contributed by atoms with Gasteiger partial charge in [-0.3, -0.25) is 5.43 Å². The summed E-state index contributed by atoms with van der Waals surface area (Å²) in [5.41, 5.74) is 6.92. The van der Waals surface area contributed by atoms with E-state index in [1.54, 1.807) is 4.68 Å². The number of aryl methyl sites for hydroxylation is 2. The fourth-order valence-corrected chi connectivity index (χ4v) is 2.64. The molecule has 24 heavy (non-hydrogen) atoms. The van der Waals surface area contributed by atoms with Crippen LogP contribution in [0.1, 0.15) is 23.9 Å². The van der Waals surface area contributed by atoms with Gasteiger partial charge in [-0.2, -0.15) is 10.2 Å². The van der Waals surface area contributed by atoms with E-state index in [1.165, 1.54) is 9.90 Å². The first-order valence-electron chi connectivity index (χ1n) is 7.45. The van der Waals surface area contributed by atoms with E-state index >= 15 is 0 Å². The Balaban J connectivity index is 1.81. The molecule has 2 heterocycles. The van der Waals surface area contributed by atoms with Gasteiger partial charge in [0.25, 0.3) is 0 Å². The number of anilines is 1. The zero-order chi connectivity index (χ0) is 17.1. The second-order valence-electron chi connectivity index (χ2n) is 5.42. The second kappa shape index (κ2) is 7.08. The Hall–Kier alpha value is -2.29. The Morgan fingerprint density at radius 2 is 1.88 bits per heavy atom. The van der Waals surface area contributed by atoms with E-state index in [-0.39, 0.29) is 0 Å². The summed E-state index contributed by atoms with van der Waals surface area (Å²) in [6.07, 6.45) is 1.50. The molecule has 0 aliphatic carbocycles. The predicted octanol–water partition coefficient (Wildman–Crippen LogP) is 3.72. The van der Waals surface area contributed by atoms with Crippen LogP contribution in [0.15, 0.2) is 47.8 Å². The lowest BCUT2D eigenvalue weighted by Gasteiger charge is -2.06. The number of halogens is 1. The lowest BCUT2D eigenvalue weighted by Crippen LogP contribution is -2.05. The van der Waals surface area contributed by atoms with Crippen LogP contribution in [0.5, 0.6) is 0 Å². The minimum Gasteiger partial charge on any atom is -0.261 e. The van der Waals surface area contributed by atoms with Crippen molar-refractivity contribution in [2.75, 3.05) is 5.43 Å². The van der Waals surface area contributed by atoms with Crippen LogP contribution < -0.4 is 5.43 Å². The van der Waals surface area contributed by atoms with Gasteiger partial charge in [-0.05, 0) is 67.1 Å². The molecule has 0 amide bonds. The fraction of sp³-hybridized carbons (Fsp3) is 0.176. The van der Waals surface area contributed by atoms with Gasteiger partial charge in [-0.15, -0.1) is 0 Å². The summed E-state index contributed by atoms with van der Waals surface area (Å²) < 4.78 is 2.99. The lowest BCUT2D eigenvalue weighted by atomic mass is 10.1. The molecular weight excluding hydrogens is 415 g/mol. The zero-order valence-electron chi connectivity index (χ0n) is 13.7. The normalized spacial score (nSPS) is 11.6. The monoisotopic (exact) mass is 432 g/mol. The van der Waals surface area contributed by atoms with Crippen LogP contribution in [0, 0.1) is 17.4 Å². The zero-order valence-corrected chi connectivity index (χ0v) is 15.8. The summed E-state index contributed by atoms with van der Waals surface area (Å²) in [5, 5.41) is 8.84. The van der Waals surface area contributed by atoms with E-state index in [1.807, 2.05) is 45.0 Å². The van der Waals surface area contributed by atoms with E-state index in [9.17, 15) is 0 Å². The number of aromatic nitrogens is 4. The van der Waals surface area contributed by atoms with Crippen LogP contribution in [0.2, 0.25) is 0 Å². The van der Waals surface area contributed by atoms with Crippen molar-refractivity contribution >= 4 is 34.1 Å². The second-order valence-corrected chi connectivity index (χ2v) is 6.66. The maximum atomic E-state index is 4.43. The highest BCUT2D eigenvalue weighted by Crippen LogP contribution is 2.13. The maximum absolute atomic E-state index is 4.43. The van der Waals surface area contributed by atoms with Crippen molar-refractivity contribution in [1.29, 1.82) is 0 Å². The summed E-state index contributed by atoms with van der Waals surface area (Å²) >= 11 is 2.28. The highest BCUT2D eigenvalue weighted by molar-refractivity contribution is 14.1. The number of benzene rings is 1. The van der Waals surface area contributed by atoms with Crippen LogP contribution in [-0.2, 0) is 0 Å². The van der Waals surface area contributed by atoms with Gasteiger partial charge in [0.05, 0.1) is 11.4 Å². The van der Waals surface area contributed by atoms with Crippen LogP contribution in [0.3, 0.4) is 0 Å². The van der Waals surface area contributed by atoms with Crippen LogP contribution in [-0.4, -0.2) is 25.5 Å². The highest BCUT2D eigenvalue weighted by atomic mass is 127. The van der Waals surface area contributed by atoms with Crippen LogP contribution >= 0.6 is 22.6 Å². The van der Waals surface area contributed by atoms with Crippen molar-refractivity contribution in [2.45, 2.75) is 20.8 Å². The molecule has 0 aliphatic rings. The topological polar surface area (TPSA) is 68.0 Å².